The van der Waals surface area contributed by atoms with Crippen LogP contribution in [-0.4, -0.2) is 45.4 Å². The van der Waals surface area contributed by atoms with E-state index in [9.17, 15) is 19.8 Å². The van der Waals surface area contributed by atoms with E-state index < -0.39 is 18.2 Å². The van der Waals surface area contributed by atoms with Gasteiger partial charge in [0.25, 0.3) is 0 Å². The van der Waals surface area contributed by atoms with Crippen LogP contribution >= 0.6 is 0 Å². The van der Waals surface area contributed by atoms with Crippen molar-refractivity contribution >= 4 is 11.9 Å². The van der Waals surface area contributed by atoms with E-state index in [1.165, 1.54) is 19.3 Å². The Morgan fingerprint density at radius 2 is 1.77 bits per heavy atom. The van der Waals surface area contributed by atoms with E-state index >= 15 is 0 Å². The molecule has 1 amide bonds. The van der Waals surface area contributed by atoms with E-state index in [0.29, 0.717) is 36.0 Å². The number of amides is 1. The average Bonchev–Trinajstić information content (AvgIpc) is 2.66. The summed E-state index contributed by atoms with van der Waals surface area (Å²) in [5.74, 6) is 1.68. The molecule has 0 radical (unpaired) electrons. The molecular weight excluding hydrogens is 394 g/mol. The fourth-order valence-corrected chi connectivity index (χ4v) is 5.98. The maximum Gasteiger partial charge on any atom is 0.305 e. The minimum Gasteiger partial charge on any atom is -0.481 e. The number of carboxylic acid groups (broad SMARTS) is 1. The molecule has 0 aromatic carbocycles. The van der Waals surface area contributed by atoms with E-state index in [-0.39, 0.29) is 30.2 Å². The molecule has 0 spiro atoms. The van der Waals surface area contributed by atoms with Crippen LogP contribution in [-0.2, 0) is 9.59 Å². The molecule has 2 aliphatic carbocycles. The van der Waals surface area contributed by atoms with Crippen molar-refractivity contribution in [1.29, 1.82) is 0 Å². The number of carbonyl (C=O) groups is 2. The van der Waals surface area contributed by atoms with E-state index in [4.69, 9.17) is 5.11 Å². The monoisotopic (exact) mass is 439 g/mol. The highest BCUT2D eigenvalue weighted by molar-refractivity contribution is 5.82. The van der Waals surface area contributed by atoms with Gasteiger partial charge in [-0.05, 0) is 74.5 Å². The normalized spacial score (nSPS) is 33.3. The van der Waals surface area contributed by atoms with Gasteiger partial charge in [-0.25, -0.2) is 0 Å². The van der Waals surface area contributed by atoms with Gasteiger partial charge in [0.05, 0.1) is 18.6 Å². The average molecular weight is 440 g/mol. The molecule has 2 saturated carbocycles. The number of nitrogens with one attached hydrogen (secondary N) is 1. The molecule has 2 fully saturated rings. The molecule has 0 heterocycles. The van der Waals surface area contributed by atoms with E-state index in [1.807, 2.05) is 13.8 Å². The third-order valence-corrected chi connectivity index (χ3v) is 8.19. The molecule has 180 valence electrons. The summed E-state index contributed by atoms with van der Waals surface area (Å²) in [6.45, 7) is 10.6. The molecule has 2 aliphatic rings. The van der Waals surface area contributed by atoms with Crippen molar-refractivity contribution < 1.29 is 24.9 Å². The SMILES string of the molecule is CCC(C)(C)C(=O)N[C@H]1C[C@@H](C)C[C@@H]2CC[C@H](C)[C@H](CC[C@@H](O)C[C@@H](O)CC(=O)O)[C@H]21. The van der Waals surface area contributed by atoms with Gasteiger partial charge in [-0.2, -0.15) is 0 Å². The van der Waals surface area contributed by atoms with Crippen molar-refractivity contribution in [2.75, 3.05) is 0 Å². The first-order valence-corrected chi connectivity index (χ1v) is 12.3. The lowest BCUT2D eigenvalue weighted by Crippen LogP contribution is -2.54. The van der Waals surface area contributed by atoms with Crippen LogP contribution in [0.2, 0.25) is 0 Å². The molecule has 2 rings (SSSR count). The van der Waals surface area contributed by atoms with Gasteiger partial charge in [0.1, 0.15) is 0 Å². The van der Waals surface area contributed by atoms with Crippen LogP contribution in [0.3, 0.4) is 0 Å². The number of carbonyl (C=O) groups excluding carboxylic acids is 1. The Balaban J connectivity index is 2.08. The molecule has 4 N–H and O–H groups in total. The molecule has 0 unspecified atom stereocenters. The fraction of sp³-hybridized carbons (Fsp3) is 0.920. The molecule has 8 atom stereocenters. The van der Waals surface area contributed by atoms with Gasteiger partial charge in [-0.1, -0.05) is 41.0 Å². The quantitative estimate of drug-likeness (QED) is 0.412. The third kappa shape index (κ3) is 7.18. The lowest BCUT2D eigenvalue weighted by Gasteiger charge is -2.51. The van der Waals surface area contributed by atoms with Crippen LogP contribution in [0.1, 0.15) is 92.4 Å². The molecule has 0 bridgehead atoms. The summed E-state index contributed by atoms with van der Waals surface area (Å²) in [6.07, 6.45) is 4.87. The second kappa shape index (κ2) is 11.1. The minimum absolute atomic E-state index is 0.101. The highest BCUT2D eigenvalue weighted by Gasteiger charge is 2.46. The van der Waals surface area contributed by atoms with Crippen molar-refractivity contribution in [3.63, 3.8) is 0 Å². The highest BCUT2D eigenvalue weighted by Crippen LogP contribution is 2.49. The van der Waals surface area contributed by atoms with Crippen molar-refractivity contribution in [3.8, 4) is 0 Å². The Hall–Kier alpha value is -1.14. The molecule has 0 aromatic heterocycles. The molecule has 31 heavy (non-hydrogen) atoms. The van der Waals surface area contributed by atoms with Crippen molar-refractivity contribution in [2.24, 2.45) is 35.0 Å². The number of aliphatic hydroxyl groups is 2. The van der Waals surface area contributed by atoms with Gasteiger partial charge in [-0.15, -0.1) is 0 Å². The number of carboxylic acids is 1. The zero-order valence-corrected chi connectivity index (χ0v) is 20.1. The number of hydrogen-bond donors (Lipinski definition) is 4. The zero-order valence-electron chi connectivity index (χ0n) is 20.1. The lowest BCUT2D eigenvalue weighted by molar-refractivity contribution is -0.139. The van der Waals surface area contributed by atoms with Crippen LogP contribution in [0.5, 0.6) is 0 Å². The molecular formula is C25H45NO5. The lowest BCUT2D eigenvalue weighted by atomic mass is 9.57. The molecule has 0 aromatic rings. The standard InChI is InChI=1S/C25H45NO5/c1-6-25(4,5)24(31)26-21-12-15(2)11-17-8-7-16(3)20(23(17)21)10-9-18(27)13-19(28)14-22(29)30/h15-21,23,27-28H,6-14H2,1-5H3,(H,26,31)(H,29,30)/t15-,16-,17-,18+,19+,20-,21-,23-/m0/s1. The Labute approximate surface area is 188 Å². The molecule has 0 aliphatic heterocycles. The number of hydrogen-bond acceptors (Lipinski definition) is 4. The van der Waals surface area contributed by atoms with Gasteiger partial charge in [0.2, 0.25) is 5.91 Å². The topological polar surface area (TPSA) is 107 Å². The second-order valence-electron chi connectivity index (χ2n) is 11.2. The van der Waals surface area contributed by atoms with Gasteiger partial charge in [0, 0.05) is 11.5 Å². The van der Waals surface area contributed by atoms with Gasteiger partial charge in [0.15, 0.2) is 0 Å². The van der Waals surface area contributed by atoms with Crippen LogP contribution < -0.4 is 5.32 Å². The number of aliphatic hydroxyl groups excluding tert-OH is 2. The second-order valence-corrected chi connectivity index (χ2v) is 11.2. The summed E-state index contributed by atoms with van der Waals surface area (Å²) in [5, 5.41) is 32.5. The fourth-order valence-electron chi connectivity index (χ4n) is 5.98. The van der Waals surface area contributed by atoms with E-state index in [1.54, 1.807) is 0 Å². The maximum atomic E-state index is 13.0. The predicted octanol–water partition coefficient (Wildman–Crippen LogP) is 3.98. The summed E-state index contributed by atoms with van der Waals surface area (Å²) in [5.41, 5.74) is -0.373. The molecule has 0 saturated heterocycles. The third-order valence-electron chi connectivity index (χ3n) is 8.19. The Bertz CT molecular complexity index is 607. The Kier molecular flexibility index (Phi) is 9.38. The van der Waals surface area contributed by atoms with Crippen LogP contribution in [0.4, 0.5) is 0 Å². The maximum absolute atomic E-state index is 13.0. The first-order valence-electron chi connectivity index (χ1n) is 12.3. The van der Waals surface area contributed by atoms with Gasteiger partial charge >= 0.3 is 5.97 Å². The largest absolute Gasteiger partial charge is 0.481 e. The van der Waals surface area contributed by atoms with Gasteiger partial charge in [-0.3, -0.25) is 9.59 Å². The molecule has 6 heteroatoms. The first-order chi connectivity index (χ1) is 14.4. The Morgan fingerprint density at radius 1 is 1.10 bits per heavy atom. The van der Waals surface area contributed by atoms with E-state index in [2.05, 4.69) is 26.1 Å². The van der Waals surface area contributed by atoms with Crippen LogP contribution in [0.15, 0.2) is 0 Å². The predicted molar refractivity (Wildman–Crippen MR) is 121 cm³/mol. The number of rotatable bonds is 10. The molecule has 6 nitrogen and oxygen atoms in total. The Morgan fingerprint density at radius 3 is 2.39 bits per heavy atom. The van der Waals surface area contributed by atoms with Crippen molar-refractivity contribution in [2.45, 2.75) is 111 Å². The zero-order chi connectivity index (χ0) is 23.3. The minimum atomic E-state index is -1.05. The summed E-state index contributed by atoms with van der Waals surface area (Å²) < 4.78 is 0. The smallest absolute Gasteiger partial charge is 0.305 e. The number of fused-ring (bicyclic) bond motifs is 1. The van der Waals surface area contributed by atoms with Crippen LogP contribution in [0.25, 0.3) is 0 Å². The van der Waals surface area contributed by atoms with Crippen molar-refractivity contribution in [3.05, 3.63) is 0 Å². The van der Waals surface area contributed by atoms with Crippen molar-refractivity contribution in [1.82, 2.24) is 5.32 Å². The van der Waals surface area contributed by atoms with Crippen LogP contribution in [0, 0.1) is 35.0 Å². The summed E-state index contributed by atoms with van der Waals surface area (Å²) >= 11 is 0. The van der Waals surface area contributed by atoms with Gasteiger partial charge < -0.3 is 20.6 Å². The summed E-state index contributed by atoms with van der Waals surface area (Å²) in [4.78, 5) is 23.7. The first kappa shape index (κ1) is 26.1. The van der Waals surface area contributed by atoms with E-state index in [0.717, 1.165) is 19.3 Å². The number of aliphatic carboxylic acids is 1. The summed E-state index contributed by atoms with van der Waals surface area (Å²) in [6, 6.07) is 0.176. The highest BCUT2D eigenvalue weighted by atomic mass is 16.4. The summed E-state index contributed by atoms with van der Waals surface area (Å²) in [7, 11) is 0.